The number of nitrogens with zero attached hydrogens (tertiary/aromatic N) is 1. The zero-order valence-corrected chi connectivity index (χ0v) is 13.1. The fraction of sp³-hybridized carbons (Fsp3) is 0.0667. The van der Waals surface area contributed by atoms with Gasteiger partial charge in [-0.15, -0.1) is 0 Å². The van der Waals surface area contributed by atoms with Crippen LogP contribution >= 0.6 is 27.5 Å². The predicted molar refractivity (Wildman–Crippen MR) is 85.3 cm³/mol. The summed E-state index contributed by atoms with van der Waals surface area (Å²) < 4.78 is 0.851. The van der Waals surface area contributed by atoms with Crippen LogP contribution in [-0.4, -0.2) is 11.6 Å². The molecule has 102 valence electrons. The lowest BCUT2D eigenvalue weighted by molar-refractivity contribution is 0.0955. The van der Waals surface area contributed by atoms with Crippen LogP contribution in [0.5, 0.6) is 0 Å². The van der Waals surface area contributed by atoms with Gasteiger partial charge in [-0.2, -0.15) is 5.10 Å². The van der Waals surface area contributed by atoms with E-state index in [-0.39, 0.29) is 5.91 Å². The lowest BCUT2D eigenvalue weighted by atomic mass is 10.1. The summed E-state index contributed by atoms with van der Waals surface area (Å²) >= 11 is 9.15. The first kappa shape index (κ1) is 14.8. The van der Waals surface area contributed by atoms with Crippen molar-refractivity contribution >= 4 is 39.1 Å². The van der Waals surface area contributed by atoms with E-state index < -0.39 is 0 Å². The molecule has 0 fully saturated rings. The number of rotatable bonds is 3. The Hall–Kier alpha value is -1.65. The molecule has 0 saturated heterocycles. The van der Waals surface area contributed by atoms with E-state index in [4.69, 9.17) is 11.6 Å². The number of hydrazone groups is 1. The van der Waals surface area contributed by atoms with Crippen molar-refractivity contribution in [1.29, 1.82) is 0 Å². The van der Waals surface area contributed by atoms with E-state index in [9.17, 15) is 4.79 Å². The minimum atomic E-state index is -0.250. The van der Waals surface area contributed by atoms with Gasteiger partial charge in [0.25, 0.3) is 5.91 Å². The molecular weight excluding hydrogens is 340 g/mol. The minimum Gasteiger partial charge on any atom is -0.267 e. The molecule has 0 spiro atoms. The Morgan fingerprint density at radius 2 is 1.85 bits per heavy atom. The van der Waals surface area contributed by atoms with Gasteiger partial charge in [-0.25, -0.2) is 5.43 Å². The van der Waals surface area contributed by atoms with Crippen LogP contribution in [0.25, 0.3) is 0 Å². The van der Waals surface area contributed by atoms with Gasteiger partial charge < -0.3 is 0 Å². The van der Waals surface area contributed by atoms with Crippen molar-refractivity contribution in [2.24, 2.45) is 5.10 Å². The van der Waals surface area contributed by atoms with Gasteiger partial charge in [-0.3, -0.25) is 4.79 Å². The summed E-state index contributed by atoms with van der Waals surface area (Å²) in [5, 5.41) is 4.76. The molecule has 0 radical (unpaired) electrons. The summed E-state index contributed by atoms with van der Waals surface area (Å²) in [5.74, 6) is -0.250. The highest BCUT2D eigenvalue weighted by molar-refractivity contribution is 9.10. The Morgan fingerprint density at radius 3 is 2.50 bits per heavy atom. The van der Waals surface area contributed by atoms with Crippen LogP contribution in [0.3, 0.4) is 0 Å². The van der Waals surface area contributed by atoms with Crippen molar-refractivity contribution in [3.63, 3.8) is 0 Å². The molecule has 1 amide bonds. The molecule has 0 aliphatic rings. The van der Waals surface area contributed by atoms with Crippen molar-refractivity contribution < 1.29 is 4.79 Å². The second-order valence-electron chi connectivity index (χ2n) is 4.16. The lowest BCUT2D eigenvalue weighted by Gasteiger charge is -2.03. The quantitative estimate of drug-likeness (QED) is 0.651. The van der Waals surface area contributed by atoms with E-state index in [0.29, 0.717) is 16.3 Å². The molecule has 0 heterocycles. The number of amides is 1. The maximum absolute atomic E-state index is 11.9. The van der Waals surface area contributed by atoms with Crippen LogP contribution in [-0.2, 0) is 0 Å². The second-order valence-corrected chi connectivity index (χ2v) is 5.51. The van der Waals surface area contributed by atoms with Crippen molar-refractivity contribution in [3.05, 3.63) is 69.2 Å². The van der Waals surface area contributed by atoms with Gasteiger partial charge in [-0.1, -0.05) is 45.7 Å². The van der Waals surface area contributed by atoms with Gasteiger partial charge in [0.15, 0.2) is 0 Å². The first-order chi connectivity index (χ1) is 9.56. The van der Waals surface area contributed by atoms with Crippen molar-refractivity contribution in [3.8, 4) is 0 Å². The van der Waals surface area contributed by atoms with Crippen LogP contribution in [0.4, 0.5) is 0 Å². The summed E-state index contributed by atoms with van der Waals surface area (Å²) in [6.07, 6.45) is 0. The Labute approximate surface area is 130 Å². The van der Waals surface area contributed by atoms with E-state index in [2.05, 4.69) is 26.5 Å². The molecule has 2 aromatic carbocycles. The van der Waals surface area contributed by atoms with Gasteiger partial charge in [-0.05, 0) is 42.8 Å². The molecule has 0 saturated carbocycles. The molecular formula is C15H12BrClN2O. The third-order valence-corrected chi connectivity index (χ3v) is 3.42. The van der Waals surface area contributed by atoms with Gasteiger partial charge in [0.05, 0.1) is 5.71 Å². The average molecular weight is 352 g/mol. The van der Waals surface area contributed by atoms with Crippen molar-refractivity contribution in [2.45, 2.75) is 6.92 Å². The van der Waals surface area contributed by atoms with E-state index in [1.807, 2.05) is 25.1 Å². The van der Waals surface area contributed by atoms with Gasteiger partial charge in [0.1, 0.15) is 0 Å². The fourth-order valence-corrected chi connectivity index (χ4v) is 2.11. The van der Waals surface area contributed by atoms with Crippen LogP contribution < -0.4 is 5.43 Å². The zero-order valence-electron chi connectivity index (χ0n) is 10.7. The van der Waals surface area contributed by atoms with Crippen LogP contribution in [0.2, 0.25) is 5.02 Å². The molecule has 0 atom stereocenters. The van der Waals surface area contributed by atoms with Crippen LogP contribution in [0, 0.1) is 0 Å². The summed E-state index contributed by atoms with van der Waals surface area (Å²) in [5.41, 5.74) is 4.70. The summed E-state index contributed by atoms with van der Waals surface area (Å²) in [4.78, 5) is 11.9. The Balaban J connectivity index is 2.08. The summed E-state index contributed by atoms with van der Waals surface area (Å²) in [7, 11) is 0. The molecule has 0 bridgehead atoms. The third kappa shape index (κ3) is 3.92. The molecule has 20 heavy (non-hydrogen) atoms. The zero-order chi connectivity index (χ0) is 14.5. The van der Waals surface area contributed by atoms with Crippen LogP contribution in [0.1, 0.15) is 22.8 Å². The highest BCUT2D eigenvalue weighted by atomic mass is 79.9. The predicted octanol–water partition coefficient (Wildman–Crippen LogP) is 4.26. The van der Waals surface area contributed by atoms with Gasteiger partial charge in [0.2, 0.25) is 0 Å². The molecule has 2 rings (SSSR count). The van der Waals surface area contributed by atoms with Crippen LogP contribution in [0.15, 0.2) is 58.1 Å². The van der Waals surface area contributed by atoms with E-state index in [0.717, 1.165) is 10.0 Å². The molecule has 5 heteroatoms. The normalized spacial score (nSPS) is 11.2. The molecule has 3 nitrogen and oxygen atoms in total. The molecule has 0 aliphatic carbocycles. The standard InChI is InChI=1S/C15H12BrClN2O/c1-10(11-5-7-14(17)8-6-11)18-19-15(20)12-3-2-4-13(16)9-12/h2-9H,1H3,(H,19,20)/b18-10+. The maximum Gasteiger partial charge on any atom is 0.271 e. The maximum atomic E-state index is 11.9. The third-order valence-electron chi connectivity index (χ3n) is 2.67. The fourth-order valence-electron chi connectivity index (χ4n) is 1.58. The highest BCUT2D eigenvalue weighted by Crippen LogP contribution is 2.12. The van der Waals surface area contributed by atoms with Gasteiger partial charge >= 0.3 is 0 Å². The number of carbonyl (C=O) groups excluding carboxylic acids is 1. The summed E-state index contributed by atoms with van der Waals surface area (Å²) in [6.45, 7) is 1.82. The average Bonchev–Trinajstić information content (AvgIpc) is 2.45. The Bertz CT molecular complexity index is 653. The van der Waals surface area contributed by atoms with E-state index >= 15 is 0 Å². The highest BCUT2D eigenvalue weighted by Gasteiger charge is 2.05. The van der Waals surface area contributed by atoms with E-state index in [1.165, 1.54) is 0 Å². The molecule has 2 aromatic rings. The number of halogens is 2. The first-order valence-electron chi connectivity index (χ1n) is 5.92. The SMILES string of the molecule is C/C(=N\NC(=O)c1cccc(Br)c1)c1ccc(Cl)cc1. The lowest BCUT2D eigenvalue weighted by Crippen LogP contribution is -2.19. The Morgan fingerprint density at radius 1 is 1.15 bits per heavy atom. The summed E-state index contributed by atoms with van der Waals surface area (Å²) in [6, 6.07) is 14.4. The second kappa shape index (κ2) is 6.68. The molecule has 0 aliphatic heterocycles. The number of benzene rings is 2. The number of nitrogens with one attached hydrogen (secondary N) is 1. The molecule has 0 unspecified atom stereocenters. The van der Waals surface area contributed by atoms with E-state index in [1.54, 1.807) is 30.3 Å². The smallest absolute Gasteiger partial charge is 0.267 e. The monoisotopic (exact) mass is 350 g/mol. The van der Waals surface area contributed by atoms with Gasteiger partial charge in [0, 0.05) is 15.1 Å². The molecule has 0 aromatic heterocycles. The first-order valence-corrected chi connectivity index (χ1v) is 7.09. The van der Waals surface area contributed by atoms with Crippen molar-refractivity contribution in [1.82, 2.24) is 5.43 Å². The Kier molecular flexibility index (Phi) is 4.93. The number of carbonyl (C=O) groups is 1. The topological polar surface area (TPSA) is 41.5 Å². The largest absolute Gasteiger partial charge is 0.271 e. The van der Waals surface area contributed by atoms with Crippen molar-refractivity contribution in [2.75, 3.05) is 0 Å². The number of hydrogen-bond donors (Lipinski definition) is 1. The molecule has 1 N–H and O–H groups in total. The minimum absolute atomic E-state index is 0.250. The number of hydrogen-bond acceptors (Lipinski definition) is 2.